The van der Waals surface area contributed by atoms with Gasteiger partial charge in [-0.25, -0.2) is 0 Å². The molecule has 0 heterocycles. The number of rotatable bonds is 8. The molecule has 0 saturated carbocycles. The summed E-state index contributed by atoms with van der Waals surface area (Å²) in [5.41, 5.74) is 0.354. The van der Waals surface area contributed by atoms with E-state index < -0.39 is 41.5 Å². The maximum absolute atomic E-state index is 13.0. The number of ketones is 1. The average molecular weight is 625 g/mol. The van der Waals surface area contributed by atoms with Crippen LogP contribution in [0.15, 0.2) is 105 Å². The van der Waals surface area contributed by atoms with Gasteiger partial charge in [-0.05, 0) is 53.6 Å². The van der Waals surface area contributed by atoms with Crippen molar-refractivity contribution in [2.24, 2.45) is 9.98 Å². The number of hydrogen-bond acceptors (Lipinski definition) is 9. The molecule has 0 aliphatic rings. The van der Waals surface area contributed by atoms with E-state index in [0.29, 0.717) is 5.56 Å². The van der Waals surface area contributed by atoms with Crippen LogP contribution in [0.4, 0.5) is 11.4 Å². The van der Waals surface area contributed by atoms with Gasteiger partial charge in [0.25, 0.3) is 20.2 Å². The Bertz CT molecular complexity index is 1900. The number of nitrogens with zero attached hydrogens (tertiary/aromatic N) is 2. The molecule has 4 aromatic carbocycles. The Morgan fingerprint density at radius 3 is 1.57 bits per heavy atom. The molecule has 2 N–H and O–H groups in total. The molecule has 0 radical (unpaired) electrons. The van der Waals surface area contributed by atoms with Crippen molar-refractivity contribution < 1.29 is 100 Å². The number of benzene rings is 4. The predicted octanol–water partition coefficient (Wildman–Crippen LogP) is -2.93. The third kappa shape index (κ3) is 8.91. The van der Waals surface area contributed by atoms with Crippen molar-refractivity contribution >= 4 is 49.8 Å². The van der Waals surface area contributed by atoms with Crippen LogP contribution in [0.1, 0.15) is 27.0 Å². The summed E-state index contributed by atoms with van der Waals surface area (Å²) in [6.07, 6.45) is 2.07. The number of carbonyl (C=O) groups excluding carboxylic acids is 1. The van der Waals surface area contributed by atoms with Gasteiger partial charge in [-0.2, -0.15) is 16.8 Å². The van der Waals surface area contributed by atoms with E-state index in [-0.39, 0.29) is 93.0 Å². The average Bonchev–Trinajstić information content (AvgIpc) is 2.91. The van der Waals surface area contributed by atoms with Crippen molar-refractivity contribution in [1.82, 2.24) is 0 Å². The summed E-state index contributed by atoms with van der Waals surface area (Å²) in [6.45, 7) is 0. The van der Waals surface area contributed by atoms with Crippen molar-refractivity contribution in [2.45, 2.75) is 9.79 Å². The second-order valence-electron chi connectivity index (χ2n) is 8.26. The Morgan fingerprint density at radius 1 is 0.619 bits per heavy atom. The molecule has 4 rings (SSSR count). The van der Waals surface area contributed by atoms with E-state index in [4.69, 9.17) is 0 Å². The molecule has 4 aromatic rings. The van der Waals surface area contributed by atoms with Crippen molar-refractivity contribution in [3.8, 4) is 11.5 Å². The molecule has 204 valence electrons. The Hall–Kier alpha value is -2.69. The summed E-state index contributed by atoms with van der Waals surface area (Å²) in [6, 6.07) is 18.2. The third-order valence-corrected chi connectivity index (χ3v) is 7.22. The van der Waals surface area contributed by atoms with Crippen LogP contribution in [0.25, 0.3) is 0 Å². The van der Waals surface area contributed by atoms with Crippen LogP contribution in [0.2, 0.25) is 0 Å². The van der Waals surface area contributed by atoms with Gasteiger partial charge in [0, 0.05) is 23.6 Å². The van der Waals surface area contributed by atoms with E-state index in [0.717, 1.165) is 48.8 Å². The Balaban J connectivity index is 0.00000308. The first-order valence-electron chi connectivity index (χ1n) is 11.2. The SMILES string of the molecule is O=C(c1ccccc1)c1ccc(N=Cc2cc(S(=O)(=O)O)ccc2[O-])c(N=Cc2cc(S(=O)(=O)O)ccc2[O-])c1.[Na+].[Na+]. The summed E-state index contributed by atoms with van der Waals surface area (Å²) in [5.74, 6) is -1.54. The fourth-order valence-corrected chi connectivity index (χ4v) is 4.52. The maximum Gasteiger partial charge on any atom is 1.00 e. The third-order valence-electron chi connectivity index (χ3n) is 5.52. The predicted molar refractivity (Wildman–Crippen MR) is 142 cm³/mol. The molecule has 0 amide bonds. The minimum absolute atomic E-state index is 0. The monoisotopic (exact) mass is 624 g/mol. The largest absolute Gasteiger partial charge is 1.00 e. The number of carbonyl (C=O) groups is 1. The van der Waals surface area contributed by atoms with Crippen molar-refractivity contribution in [3.63, 3.8) is 0 Å². The topological polar surface area (TPSA) is 197 Å². The van der Waals surface area contributed by atoms with Gasteiger partial charge < -0.3 is 10.2 Å². The van der Waals surface area contributed by atoms with Gasteiger partial charge in [-0.3, -0.25) is 23.9 Å². The first-order chi connectivity index (χ1) is 18.8. The Morgan fingerprint density at radius 2 is 1.10 bits per heavy atom. The van der Waals surface area contributed by atoms with Gasteiger partial charge in [0.2, 0.25) is 0 Å². The number of hydrogen-bond donors (Lipinski definition) is 2. The summed E-state index contributed by atoms with van der Waals surface area (Å²) in [5, 5.41) is 24.5. The molecule has 0 spiro atoms. The molecule has 42 heavy (non-hydrogen) atoms. The molecule has 0 unspecified atom stereocenters. The summed E-state index contributed by atoms with van der Waals surface area (Å²) < 4.78 is 64.5. The minimum atomic E-state index is -4.60. The molecule has 0 atom stereocenters. The van der Waals surface area contributed by atoms with Gasteiger partial charge in [0.05, 0.1) is 21.2 Å². The van der Waals surface area contributed by atoms with Crippen molar-refractivity contribution in [1.29, 1.82) is 0 Å². The molecule has 0 fully saturated rings. The quantitative estimate of drug-likeness (QED) is 0.0892. The maximum atomic E-state index is 13.0. The molecule has 15 heteroatoms. The Labute approximate surface area is 285 Å². The first kappa shape index (κ1) is 35.5. The van der Waals surface area contributed by atoms with Crippen molar-refractivity contribution in [2.75, 3.05) is 0 Å². The summed E-state index contributed by atoms with van der Waals surface area (Å²) >= 11 is 0. The molecule has 11 nitrogen and oxygen atoms in total. The summed E-state index contributed by atoms with van der Waals surface area (Å²) in [4.78, 5) is 20.3. The van der Waals surface area contributed by atoms with Crippen LogP contribution in [0.3, 0.4) is 0 Å². The molecular weight excluding hydrogens is 606 g/mol. The molecule has 0 aliphatic carbocycles. The van der Waals surface area contributed by atoms with E-state index in [9.17, 15) is 40.9 Å². The number of aliphatic imine (C=N–C) groups is 2. The first-order valence-corrected chi connectivity index (χ1v) is 14.1. The van der Waals surface area contributed by atoms with Crippen molar-refractivity contribution in [3.05, 3.63) is 107 Å². The van der Waals surface area contributed by atoms with E-state index in [1.807, 2.05) is 0 Å². The molecular formula is C27H18N2Na2O9S2. The van der Waals surface area contributed by atoms with Crippen LogP contribution >= 0.6 is 0 Å². The van der Waals surface area contributed by atoms with Crippen LogP contribution in [0, 0.1) is 0 Å². The molecule has 0 aromatic heterocycles. The normalized spacial score (nSPS) is 11.7. The van der Waals surface area contributed by atoms with Gasteiger partial charge in [0.1, 0.15) is 0 Å². The zero-order valence-corrected chi connectivity index (χ0v) is 27.8. The van der Waals surface area contributed by atoms with Crippen LogP contribution in [0.5, 0.6) is 11.5 Å². The smallest absolute Gasteiger partial charge is 0.872 e. The summed E-state index contributed by atoms with van der Waals surface area (Å²) in [7, 11) is -9.18. The zero-order chi connectivity index (χ0) is 29.1. The van der Waals surface area contributed by atoms with E-state index in [1.165, 1.54) is 18.2 Å². The Kier molecular flexibility index (Phi) is 12.4. The van der Waals surface area contributed by atoms with E-state index in [1.54, 1.807) is 30.3 Å². The molecule has 0 aliphatic heterocycles. The molecule has 0 saturated heterocycles. The van der Waals surface area contributed by atoms with Crippen LogP contribution in [-0.2, 0) is 20.2 Å². The zero-order valence-electron chi connectivity index (χ0n) is 22.2. The van der Waals surface area contributed by atoms with Gasteiger partial charge in [-0.15, -0.1) is 0 Å². The second-order valence-corrected chi connectivity index (χ2v) is 11.1. The fraction of sp³-hybridized carbons (Fsp3) is 0. The van der Waals surface area contributed by atoms with Crippen LogP contribution < -0.4 is 69.3 Å². The van der Waals surface area contributed by atoms with Gasteiger partial charge in [0.15, 0.2) is 5.78 Å². The van der Waals surface area contributed by atoms with Gasteiger partial charge in [-0.1, -0.05) is 54.0 Å². The standard InChI is InChI=1S/C27H20N2O9S2.2Na/c30-25-10-7-21(39(33,34)35)12-19(25)15-28-23-9-6-18(27(32)17-4-2-1-3-5-17)14-24(23)29-16-20-13-22(40(36,37)38)8-11-26(20)31;;/h1-16,30-31H,(H,33,34,35)(H,36,37,38);;/q;2*+1/p-2. The van der Waals surface area contributed by atoms with E-state index >= 15 is 0 Å². The van der Waals surface area contributed by atoms with Gasteiger partial charge >= 0.3 is 59.1 Å². The van der Waals surface area contributed by atoms with E-state index in [2.05, 4.69) is 9.98 Å². The second kappa shape index (κ2) is 14.7. The fourth-order valence-electron chi connectivity index (χ4n) is 3.49. The minimum Gasteiger partial charge on any atom is -0.872 e. The molecule has 0 bridgehead atoms. The van der Waals surface area contributed by atoms with Crippen LogP contribution in [-0.4, -0.2) is 44.2 Å².